The number of carbonyl (C=O) groups is 1. The third kappa shape index (κ3) is 4.61. The van der Waals surface area contributed by atoms with Crippen LogP contribution in [-0.2, 0) is 0 Å². The Kier molecular flexibility index (Phi) is 4.09. The maximum absolute atomic E-state index is 10.3. The number of rotatable bonds is 3. The van der Waals surface area contributed by atoms with Crippen LogP contribution < -0.4 is 11.2 Å². The van der Waals surface area contributed by atoms with Crippen LogP contribution in [0, 0.1) is 0 Å². The van der Waals surface area contributed by atoms with Crippen LogP contribution in [-0.4, -0.2) is 12.2 Å². The number of nitrogens with zero attached hydrogens (tertiary/aromatic N) is 1. The van der Waals surface area contributed by atoms with Gasteiger partial charge in [0.2, 0.25) is 0 Å². The normalized spacial score (nSPS) is 11.7. The van der Waals surface area contributed by atoms with Crippen molar-refractivity contribution in [3.63, 3.8) is 0 Å². The molecule has 1 aromatic carbocycles. The smallest absolute Gasteiger partial charge is 0.332 e. The minimum absolute atomic E-state index is 0.668. The molecule has 4 heteroatoms. The number of hydrazone groups is 1. The van der Waals surface area contributed by atoms with Gasteiger partial charge in [-0.15, -0.1) is 0 Å². The average molecular weight is 203 g/mol. The fourth-order valence-corrected chi connectivity index (χ4v) is 1.05. The zero-order chi connectivity index (χ0) is 11.1. The van der Waals surface area contributed by atoms with E-state index in [4.69, 9.17) is 5.73 Å². The lowest BCUT2D eigenvalue weighted by Crippen LogP contribution is -2.24. The first-order chi connectivity index (χ1) is 7.18. The number of urea groups is 1. The van der Waals surface area contributed by atoms with Gasteiger partial charge < -0.3 is 5.73 Å². The lowest BCUT2D eigenvalue weighted by Gasteiger charge is -1.94. The molecule has 0 radical (unpaired) electrons. The summed E-state index contributed by atoms with van der Waals surface area (Å²) in [6.45, 7) is 1.89. The maximum atomic E-state index is 10.3. The van der Waals surface area contributed by atoms with Crippen LogP contribution in [0.4, 0.5) is 4.79 Å². The van der Waals surface area contributed by atoms with Crippen molar-refractivity contribution in [3.05, 3.63) is 41.5 Å². The highest BCUT2D eigenvalue weighted by Crippen LogP contribution is 2.04. The molecule has 0 atom stereocenters. The minimum Gasteiger partial charge on any atom is -0.350 e. The Bertz CT molecular complexity index is 382. The van der Waals surface area contributed by atoms with Crippen LogP contribution in [0.3, 0.4) is 0 Å². The minimum atomic E-state index is -0.668. The van der Waals surface area contributed by atoms with Gasteiger partial charge in [0.1, 0.15) is 0 Å². The molecular formula is C11H13N3O. The average Bonchev–Trinajstić information content (AvgIpc) is 2.18. The molecule has 15 heavy (non-hydrogen) atoms. The molecule has 0 saturated carbocycles. The molecule has 0 unspecified atom stereocenters. The Balaban J connectivity index is 2.61. The van der Waals surface area contributed by atoms with Crippen molar-refractivity contribution in [3.8, 4) is 0 Å². The fraction of sp³-hybridized carbons (Fsp3) is 0.0909. The van der Waals surface area contributed by atoms with E-state index in [0.29, 0.717) is 0 Å². The Morgan fingerprint density at radius 1 is 1.40 bits per heavy atom. The summed E-state index contributed by atoms with van der Waals surface area (Å²) in [6, 6.07) is 9.17. The summed E-state index contributed by atoms with van der Waals surface area (Å²) in [5, 5.41) is 3.65. The van der Waals surface area contributed by atoms with Crippen LogP contribution >= 0.6 is 0 Å². The van der Waals surface area contributed by atoms with E-state index in [2.05, 4.69) is 10.5 Å². The second kappa shape index (κ2) is 5.59. The van der Waals surface area contributed by atoms with Gasteiger partial charge in [-0.1, -0.05) is 36.4 Å². The number of hydrogen-bond acceptors (Lipinski definition) is 2. The number of carbonyl (C=O) groups excluding carboxylic acids is 1. The van der Waals surface area contributed by atoms with Gasteiger partial charge in [-0.3, -0.25) is 0 Å². The highest BCUT2D eigenvalue weighted by atomic mass is 16.2. The lowest BCUT2D eigenvalue weighted by atomic mass is 10.1. The third-order valence-electron chi connectivity index (χ3n) is 1.64. The number of nitrogens with two attached hydrogens (primary N) is 1. The monoisotopic (exact) mass is 203 g/mol. The van der Waals surface area contributed by atoms with E-state index in [1.54, 1.807) is 0 Å². The van der Waals surface area contributed by atoms with Crippen LogP contribution in [0.25, 0.3) is 6.08 Å². The summed E-state index contributed by atoms with van der Waals surface area (Å²) >= 11 is 0. The first kappa shape index (κ1) is 11.0. The van der Waals surface area contributed by atoms with E-state index in [9.17, 15) is 4.79 Å². The molecular weight excluding hydrogens is 190 g/mol. The Hall–Kier alpha value is -2.10. The topological polar surface area (TPSA) is 67.5 Å². The van der Waals surface area contributed by atoms with Gasteiger partial charge in [0.25, 0.3) is 0 Å². The molecule has 0 aromatic heterocycles. The van der Waals surface area contributed by atoms with Gasteiger partial charge in [0.15, 0.2) is 0 Å². The van der Waals surface area contributed by atoms with Crippen molar-refractivity contribution in [1.82, 2.24) is 5.43 Å². The highest BCUT2D eigenvalue weighted by Gasteiger charge is 1.88. The van der Waals surface area contributed by atoms with Gasteiger partial charge >= 0.3 is 6.03 Å². The summed E-state index contributed by atoms with van der Waals surface area (Å²) < 4.78 is 0. The van der Waals surface area contributed by atoms with Crippen molar-refractivity contribution in [2.45, 2.75) is 6.92 Å². The van der Waals surface area contributed by atoms with Gasteiger partial charge in [-0.05, 0) is 18.1 Å². The molecule has 0 bridgehead atoms. The number of primary amides is 1. The van der Waals surface area contributed by atoms with Crippen LogP contribution in [0.2, 0.25) is 0 Å². The molecule has 78 valence electrons. The predicted molar refractivity (Wildman–Crippen MR) is 61.3 cm³/mol. The molecule has 0 fully saturated rings. The lowest BCUT2D eigenvalue weighted by molar-refractivity contribution is 0.249. The Labute approximate surface area is 88.5 Å². The SMILES string of the molecule is CC(/C=N/NC(N)=O)=C\c1ccccc1. The van der Waals surface area contributed by atoms with E-state index >= 15 is 0 Å². The molecule has 0 aliphatic rings. The molecule has 0 heterocycles. The second-order valence-electron chi connectivity index (χ2n) is 3.03. The van der Waals surface area contributed by atoms with E-state index in [-0.39, 0.29) is 0 Å². The second-order valence-corrected chi connectivity index (χ2v) is 3.03. The number of allylic oxidation sites excluding steroid dienone is 1. The van der Waals surface area contributed by atoms with Crippen molar-refractivity contribution in [2.75, 3.05) is 0 Å². The van der Waals surface area contributed by atoms with Crippen molar-refractivity contribution >= 4 is 18.3 Å². The first-order valence-corrected chi connectivity index (χ1v) is 4.50. The van der Waals surface area contributed by atoms with Gasteiger partial charge in [-0.2, -0.15) is 5.10 Å². The summed E-state index contributed by atoms with van der Waals surface area (Å²) in [5.41, 5.74) is 8.99. The van der Waals surface area contributed by atoms with Crippen LogP contribution in [0.1, 0.15) is 12.5 Å². The summed E-state index contributed by atoms with van der Waals surface area (Å²) in [5.74, 6) is 0. The van der Waals surface area contributed by atoms with E-state index in [1.165, 1.54) is 6.21 Å². The fourth-order valence-electron chi connectivity index (χ4n) is 1.05. The predicted octanol–water partition coefficient (Wildman–Crippen LogP) is 1.74. The van der Waals surface area contributed by atoms with Gasteiger partial charge in [-0.25, -0.2) is 10.2 Å². The van der Waals surface area contributed by atoms with Gasteiger partial charge in [0, 0.05) is 0 Å². The Morgan fingerprint density at radius 2 is 2.07 bits per heavy atom. The number of benzene rings is 1. The van der Waals surface area contributed by atoms with Crippen molar-refractivity contribution in [1.29, 1.82) is 0 Å². The number of amides is 2. The Morgan fingerprint density at radius 3 is 2.67 bits per heavy atom. The standard InChI is InChI=1S/C11H13N3O/c1-9(8-13-14-11(12)15)7-10-5-3-2-4-6-10/h2-8H,1H3,(H3,12,14,15)/b9-7+,13-8+. The highest BCUT2D eigenvalue weighted by molar-refractivity contribution is 5.85. The molecule has 0 aliphatic carbocycles. The van der Waals surface area contributed by atoms with Gasteiger partial charge in [0.05, 0.1) is 6.21 Å². The quantitative estimate of drug-likeness (QED) is 0.570. The van der Waals surface area contributed by atoms with Crippen molar-refractivity contribution < 1.29 is 4.79 Å². The molecule has 0 spiro atoms. The van der Waals surface area contributed by atoms with Crippen LogP contribution in [0.5, 0.6) is 0 Å². The van der Waals surface area contributed by atoms with E-state index in [1.807, 2.05) is 43.3 Å². The molecule has 0 aliphatic heterocycles. The number of hydrogen-bond donors (Lipinski definition) is 2. The van der Waals surface area contributed by atoms with E-state index < -0.39 is 6.03 Å². The first-order valence-electron chi connectivity index (χ1n) is 4.50. The summed E-state index contributed by atoms with van der Waals surface area (Å²) in [4.78, 5) is 10.3. The molecule has 3 N–H and O–H groups in total. The zero-order valence-corrected chi connectivity index (χ0v) is 8.47. The third-order valence-corrected chi connectivity index (χ3v) is 1.64. The molecule has 1 rings (SSSR count). The largest absolute Gasteiger partial charge is 0.350 e. The zero-order valence-electron chi connectivity index (χ0n) is 8.47. The van der Waals surface area contributed by atoms with Crippen molar-refractivity contribution in [2.24, 2.45) is 10.8 Å². The molecule has 2 amide bonds. The molecule has 0 saturated heterocycles. The van der Waals surface area contributed by atoms with Crippen LogP contribution in [0.15, 0.2) is 41.0 Å². The summed E-state index contributed by atoms with van der Waals surface area (Å²) in [7, 11) is 0. The number of nitrogens with one attached hydrogen (secondary N) is 1. The maximum Gasteiger partial charge on any atom is 0.332 e. The van der Waals surface area contributed by atoms with E-state index in [0.717, 1.165) is 11.1 Å². The molecule has 1 aromatic rings. The summed E-state index contributed by atoms with van der Waals surface area (Å²) in [6.07, 6.45) is 3.49. The molecule has 4 nitrogen and oxygen atoms in total.